The van der Waals surface area contributed by atoms with Crippen LogP contribution in [0.1, 0.15) is 38.5 Å². The summed E-state index contributed by atoms with van der Waals surface area (Å²) in [5.41, 5.74) is -0.355. The maximum atomic E-state index is 10.8. The third-order valence-corrected chi connectivity index (χ3v) is 3.28. The van der Waals surface area contributed by atoms with Gasteiger partial charge in [-0.1, -0.05) is 0 Å². The van der Waals surface area contributed by atoms with Crippen molar-refractivity contribution in [2.24, 2.45) is 5.41 Å². The molecular weight excluding hydrogens is 168 g/mol. The average Bonchev–Trinajstić information content (AvgIpc) is 2.73. The molecule has 1 heterocycles. The van der Waals surface area contributed by atoms with Crippen LogP contribution in [-0.4, -0.2) is 23.8 Å². The molecule has 1 atom stereocenters. The molecule has 0 amide bonds. The van der Waals surface area contributed by atoms with Gasteiger partial charge in [0, 0.05) is 6.61 Å². The van der Waals surface area contributed by atoms with E-state index in [2.05, 4.69) is 0 Å². The van der Waals surface area contributed by atoms with Crippen molar-refractivity contribution in [3.63, 3.8) is 0 Å². The van der Waals surface area contributed by atoms with Crippen molar-refractivity contribution >= 4 is 5.97 Å². The maximum Gasteiger partial charge on any atom is 0.309 e. The van der Waals surface area contributed by atoms with Crippen molar-refractivity contribution in [1.82, 2.24) is 0 Å². The molecular formula is C10H16O3. The molecule has 0 spiro atoms. The summed E-state index contributed by atoms with van der Waals surface area (Å²) in [5, 5.41) is 8.94. The SMILES string of the molecule is O=C(O)C1(CCC2CCCO2)CC1. The Hall–Kier alpha value is -0.570. The van der Waals surface area contributed by atoms with Crippen molar-refractivity contribution in [2.75, 3.05) is 6.61 Å². The van der Waals surface area contributed by atoms with Gasteiger partial charge in [-0.2, -0.15) is 0 Å². The number of carbonyl (C=O) groups is 1. The fourth-order valence-corrected chi connectivity index (χ4v) is 2.03. The molecule has 1 unspecified atom stereocenters. The van der Waals surface area contributed by atoms with Gasteiger partial charge in [0.1, 0.15) is 0 Å². The molecule has 0 radical (unpaired) electrons. The van der Waals surface area contributed by atoms with Gasteiger partial charge in [0.05, 0.1) is 11.5 Å². The van der Waals surface area contributed by atoms with Crippen LogP contribution >= 0.6 is 0 Å². The van der Waals surface area contributed by atoms with Crippen LogP contribution in [0.5, 0.6) is 0 Å². The molecule has 2 aliphatic rings. The van der Waals surface area contributed by atoms with Crippen LogP contribution in [0.25, 0.3) is 0 Å². The molecule has 3 nitrogen and oxygen atoms in total. The van der Waals surface area contributed by atoms with Gasteiger partial charge >= 0.3 is 5.97 Å². The predicted molar refractivity (Wildman–Crippen MR) is 47.5 cm³/mol. The summed E-state index contributed by atoms with van der Waals surface area (Å²) in [6.45, 7) is 0.866. The van der Waals surface area contributed by atoms with E-state index >= 15 is 0 Å². The number of carboxylic acid groups (broad SMARTS) is 1. The van der Waals surface area contributed by atoms with Crippen molar-refractivity contribution in [2.45, 2.75) is 44.6 Å². The first kappa shape index (κ1) is 9.00. The first-order chi connectivity index (χ1) is 6.23. The second-order valence-electron chi connectivity index (χ2n) is 4.26. The highest BCUT2D eigenvalue weighted by Crippen LogP contribution is 2.50. The second kappa shape index (κ2) is 3.29. The summed E-state index contributed by atoms with van der Waals surface area (Å²) < 4.78 is 5.46. The summed E-state index contributed by atoms with van der Waals surface area (Å²) in [4.78, 5) is 10.8. The van der Waals surface area contributed by atoms with E-state index in [9.17, 15) is 4.79 Å². The van der Waals surface area contributed by atoms with Crippen molar-refractivity contribution in [3.05, 3.63) is 0 Å². The number of hydrogen-bond acceptors (Lipinski definition) is 2. The Balaban J connectivity index is 1.75. The Kier molecular flexibility index (Phi) is 2.28. The Labute approximate surface area is 78.1 Å². The van der Waals surface area contributed by atoms with Crippen LogP contribution in [0.15, 0.2) is 0 Å². The molecule has 0 bridgehead atoms. The lowest BCUT2D eigenvalue weighted by molar-refractivity contribution is -0.143. The molecule has 0 aromatic rings. The zero-order valence-corrected chi connectivity index (χ0v) is 7.79. The van der Waals surface area contributed by atoms with Crippen LogP contribution in [0.3, 0.4) is 0 Å². The highest BCUT2D eigenvalue weighted by molar-refractivity contribution is 5.77. The van der Waals surface area contributed by atoms with E-state index in [1.165, 1.54) is 0 Å². The maximum absolute atomic E-state index is 10.8. The lowest BCUT2D eigenvalue weighted by atomic mass is 9.97. The van der Waals surface area contributed by atoms with Crippen LogP contribution in [0.2, 0.25) is 0 Å². The molecule has 1 aliphatic heterocycles. The summed E-state index contributed by atoms with van der Waals surface area (Å²) in [6, 6.07) is 0. The zero-order chi connectivity index (χ0) is 9.31. The highest BCUT2D eigenvalue weighted by atomic mass is 16.5. The number of aliphatic carboxylic acids is 1. The van der Waals surface area contributed by atoms with Gasteiger partial charge in [-0.15, -0.1) is 0 Å². The molecule has 13 heavy (non-hydrogen) atoms. The Morgan fingerprint density at radius 2 is 2.31 bits per heavy atom. The van der Waals surface area contributed by atoms with Gasteiger partial charge in [0.2, 0.25) is 0 Å². The van der Waals surface area contributed by atoms with Gasteiger partial charge < -0.3 is 9.84 Å². The zero-order valence-electron chi connectivity index (χ0n) is 7.79. The van der Waals surface area contributed by atoms with Crippen LogP contribution in [-0.2, 0) is 9.53 Å². The Morgan fingerprint density at radius 1 is 1.54 bits per heavy atom. The molecule has 74 valence electrons. The number of ether oxygens (including phenoxy) is 1. The molecule has 2 fully saturated rings. The topological polar surface area (TPSA) is 46.5 Å². The van der Waals surface area contributed by atoms with E-state index < -0.39 is 5.97 Å². The van der Waals surface area contributed by atoms with E-state index in [0.29, 0.717) is 6.10 Å². The van der Waals surface area contributed by atoms with Crippen LogP contribution < -0.4 is 0 Å². The van der Waals surface area contributed by atoms with Crippen molar-refractivity contribution < 1.29 is 14.6 Å². The summed E-state index contributed by atoms with van der Waals surface area (Å²) in [7, 11) is 0. The molecule has 1 saturated carbocycles. The number of hydrogen-bond donors (Lipinski definition) is 1. The molecule has 2 rings (SSSR count). The minimum Gasteiger partial charge on any atom is -0.481 e. The standard InChI is InChI=1S/C10H16O3/c11-9(12)10(5-6-10)4-3-8-2-1-7-13-8/h8H,1-7H2,(H,11,12). The summed E-state index contributed by atoms with van der Waals surface area (Å²) in [6.07, 6.45) is 6.10. The van der Waals surface area contributed by atoms with Crippen molar-refractivity contribution in [3.8, 4) is 0 Å². The first-order valence-electron chi connectivity index (χ1n) is 5.08. The largest absolute Gasteiger partial charge is 0.481 e. The molecule has 0 aromatic heterocycles. The van der Waals surface area contributed by atoms with Gasteiger partial charge in [-0.25, -0.2) is 0 Å². The molecule has 3 heteroatoms. The molecule has 0 aromatic carbocycles. The summed E-state index contributed by atoms with van der Waals surface area (Å²) >= 11 is 0. The van der Waals surface area contributed by atoms with Crippen LogP contribution in [0.4, 0.5) is 0 Å². The molecule has 1 N–H and O–H groups in total. The lowest BCUT2D eigenvalue weighted by Gasteiger charge is -2.13. The predicted octanol–water partition coefficient (Wildman–Crippen LogP) is 1.81. The smallest absolute Gasteiger partial charge is 0.309 e. The van der Waals surface area contributed by atoms with E-state index in [4.69, 9.17) is 9.84 Å². The van der Waals surface area contributed by atoms with Gasteiger partial charge in [-0.3, -0.25) is 4.79 Å². The first-order valence-corrected chi connectivity index (χ1v) is 5.08. The minimum absolute atomic E-state index is 0.344. The van der Waals surface area contributed by atoms with E-state index in [1.54, 1.807) is 0 Å². The molecule has 1 aliphatic carbocycles. The Bertz CT molecular complexity index is 202. The molecule has 1 saturated heterocycles. The van der Waals surface area contributed by atoms with E-state index in [-0.39, 0.29) is 5.41 Å². The van der Waals surface area contributed by atoms with Crippen molar-refractivity contribution in [1.29, 1.82) is 0 Å². The normalized spacial score (nSPS) is 30.3. The van der Waals surface area contributed by atoms with Crippen LogP contribution in [0, 0.1) is 5.41 Å². The lowest BCUT2D eigenvalue weighted by Crippen LogP contribution is -2.17. The van der Waals surface area contributed by atoms with Gasteiger partial charge in [0.15, 0.2) is 0 Å². The minimum atomic E-state index is -0.606. The Morgan fingerprint density at radius 3 is 2.77 bits per heavy atom. The third-order valence-electron chi connectivity index (χ3n) is 3.28. The van der Waals surface area contributed by atoms with Gasteiger partial charge in [0.25, 0.3) is 0 Å². The van der Waals surface area contributed by atoms with Gasteiger partial charge in [-0.05, 0) is 38.5 Å². The monoisotopic (exact) mass is 184 g/mol. The van der Waals surface area contributed by atoms with E-state index in [0.717, 1.165) is 45.1 Å². The number of carboxylic acids is 1. The third kappa shape index (κ3) is 1.85. The highest BCUT2D eigenvalue weighted by Gasteiger charge is 2.49. The van der Waals surface area contributed by atoms with E-state index in [1.807, 2.05) is 0 Å². The summed E-state index contributed by atoms with van der Waals surface area (Å²) in [5.74, 6) is -0.606. The fourth-order valence-electron chi connectivity index (χ4n) is 2.03. The number of rotatable bonds is 4. The second-order valence-corrected chi connectivity index (χ2v) is 4.26. The quantitative estimate of drug-likeness (QED) is 0.724. The fraction of sp³-hybridized carbons (Fsp3) is 0.900. The average molecular weight is 184 g/mol.